The summed E-state index contributed by atoms with van der Waals surface area (Å²) in [5.74, 6) is 0.951. The molecule has 0 amide bonds. The Bertz CT molecular complexity index is 259. The van der Waals surface area contributed by atoms with Crippen molar-refractivity contribution >= 4 is 0 Å². The molecule has 1 saturated carbocycles. The molecule has 2 heterocycles. The maximum atomic E-state index is 5.59. The molecule has 0 radical (unpaired) electrons. The molecule has 1 N–H and O–H groups in total. The molecule has 1 atom stereocenters. The monoisotopic (exact) mass is 238 g/mol. The van der Waals surface area contributed by atoms with Crippen molar-refractivity contribution in [2.45, 2.75) is 38.1 Å². The Morgan fingerprint density at radius 1 is 1.29 bits per heavy atom. The van der Waals surface area contributed by atoms with Crippen LogP contribution in [0.5, 0.6) is 0 Å². The van der Waals surface area contributed by atoms with E-state index in [4.69, 9.17) is 4.74 Å². The second-order valence-electron chi connectivity index (χ2n) is 6.38. The Hall–Kier alpha value is -0.120. The maximum Gasteiger partial charge on any atom is 0.0548 e. The van der Waals surface area contributed by atoms with Crippen LogP contribution in [-0.4, -0.2) is 50.8 Å². The van der Waals surface area contributed by atoms with Gasteiger partial charge in [-0.25, -0.2) is 0 Å². The van der Waals surface area contributed by atoms with Crippen LogP contribution < -0.4 is 5.32 Å². The summed E-state index contributed by atoms with van der Waals surface area (Å²) >= 11 is 0. The standard InChI is InChI=1S/C14H26N2O/c1-16-7-6-15-9-13(16)8-14(10-17-11-14)12-4-2-3-5-12/h12-13,15H,2-11H2,1H3. The van der Waals surface area contributed by atoms with E-state index < -0.39 is 0 Å². The van der Waals surface area contributed by atoms with Crippen LogP contribution in [0, 0.1) is 11.3 Å². The molecule has 1 unspecified atom stereocenters. The Morgan fingerprint density at radius 3 is 2.65 bits per heavy atom. The van der Waals surface area contributed by atoms with Gasteiger partial charge in [-0.05, 0) is 32.2 Å². The van der Waals surface area contributed by atoms with E-state index in [2.05, 4.69) is 17.3 Å². The average molecular weight is 238 g/mol. The molecule has 3 rings (SSSR count). The first kappa shape index (κ1) is 11.9. The molecule has 3 nitrogen and oxygen atoms in total. The number of nitrogens with one attached hydrogen (secondary N) is 1. The Labute approximate surface area is 105 Å². The topological polar surface area (TPSA) is 24.5 Å². The molecule has 3 fully saturated rings. The van der Waals surface area contributed by atoms with E-state index in [1.54, 1.807) is 0 Å². The zero-order chi connectivity index (χ0) is 11.7. The van der Waals surface area contributed by atoms with E-state index in [0.717, 1.165) is 31.7 Å². The molecule has 2 aliphatic heterocycles. The van der Waals surface area contributed by atoms with E-state index in [-0.39, 0.29) is 0 Å². The highest BCUT2D eigenvalue weighted by Gasteiger charge is 2.47. The van der Waals surface area contributed by atoms with Crippen LogP contribution in [0.3, 0.4) is 0 Å². The number of hydrogen-bond acceptors (Lipinski definition) is 3. The van der Waals surface area contributed by atoms with E-state index in [0.29, 0.717) is 5.41 Å². The molecule has 3 aliphatic rings. The molecule has 1 aliphatic carbocycles. The lowest BCUT2D eigenvalue weighted by molar-refractivity contribution is -0.158. The normalized spacial score (nSPS) is 34.8. The van der Waals surface area contributed by atoms with Crippen LogP contribution in [0.1, 0.15) is 32.1 Å². The molecule has 98 valence electrons. The minimum atomic E-state index is 0.536. The van der Waals surface area contributed by atoms with Gasteiger partial charge in [-0.3, -0.25) is 0 Å². The van der Waals surface area contributed by atoms with Crippen molar-refractivity contribution in [1.29, 1.82) is 0 Å². The molecule has 0 aromatic rings. The van der Waals surface area contributed by atoms with Crippen LogP contribution in [0.2, 0.25) is 0 Å². The van der Waals surface area contributed by atoms with E-state index in [1.165, 1.54) is 45.2 Å². The zero-order valence-electron chi connectivity index (χ0n) is 11.1. The van der Waals surface area contributed by atoms with Gasteiger partial charge in [0.15, 0.2) is 0 Å². The van der Waals surface area contributed by atoms with E-state index >= 15 is 0 Å². The fourth-order valence-electron chi connectivity index (χ4n) is 3.98. The summed E-state index contributed by atoms with van der Waals surface area (Å²) in [6, 6.07) is 0.730. The van der Waals surface area contributed by atoms with Crippen molar-refractivity contribution in [3.05, 3.63) is 0 Å². The third-order valence-corrected chi connectivity index (χ3v) is 5.29. The van der Waals surface area contributed by atoms with Gasteiger partial charge in [0, 0.05) is 31.1 Å². The van der Waals surface area contributed by atoms with Gasteiger partial charge in [0.2, 0.25) is 0 Å². The van der Waals surface area contributed by atoms with Gasteiger partial charge in [-0.2, -0.15) is 0 Å². The van der Waals surface area contributed by atoms with Crippen LogP contribution in [0.4, 0.5) is 0 Å². The summed E-state index contributed by atoms with van der Waals surface area (Å²) < 4.78 is 5.59. The maximum absolute atomic E-state index is 5.59. The van der Waals surface area contributed by atoms with Gasteiger partial charge in [0.05, 0.1) is 13.2 Å². The molecule has 17 heavy (non-hydrogen) atoms. The van der Waals surface area contributed by atoms with Gasteiger partial charge in [0.1, 0.15) is 0 Å². The first-order chi connectivity index (χ1) is 8.30. The smallest absolute Gasteiger partial charge is 0.0548 e. The largest absolute Gasteiger partial charge is 0.380 e. The molecular formula is C14H26N2O. The minimum Gasteiger partial charge on any atom is -0.380 e. The van der Waals surface area contributed by atoms with Crippen LogP contribution in [-0.2, 0) is 4.74 Å². The number of rotatable bonds is 3. The second-order valence-corrected chi connectivity index (χ2v) is 6.38. The van der Waals surface area contributed by atoms with Gasteiger partial charge in [0.25, 0.3) is 0 Å². The molecular weight excluding hydrogens is 212 g/mol. The molecule has 2 saturated heterocycles. The quantitative estimate of drug-likeness (QED) is 0.806. The van der Waals surface area contributed by atoms with Crippen molar-refractivity contribution in [3.63, 3.8) is 0 Å². The third-order valence-electron chi connectivity index (χ3n) is 5.29. The van der Waals surface area contributed by atoms with Crippen LogP contribution >= 0.6 is 0 Å². The third kappa shape index (κ3) is 2.25. The van der Waals surface area contributed by atoms with Gasteiger partial charge >= 0.3 is 0 Å². The van der Waals surface area contributed by atoms with Crippen molar-refractivity contribution in [2.75, 3.05) is 39.9 Å². The molecule has 0 aromatic carbocycles. The number of nitrogens with zero attached hydrogens (tertiary/aromatic N) is 1. The molecule has 0 bridgehead atoms. The minimum absolute atomic E-state index is 0.536. The predicted octanol–water partition coefficient (Wildman–Crippen LogP) is 1.49. The number of likely N-dealkylation sites (N-methyl/N-ethyl adjacent to an activating group) is 1. The SMILES string of the molecule is CN1CCNCC1CC1(C2CCCC2)COC1. The number of piperazine rings is 1. The number of hydrogen-bond donors (Lipinski definition) is 1. The Morgan fingerprint density at radius 2 is 2.06 bits per heavy atom. The van der Waals surface area contributed by atoms with Crippen LogP contribution in [0.15, 0.2) is 0 Å². The number of ether oxygens (including phenoxy) is 1. The average Bonchev–Trinajstić information content (AvgIpc) is 2.79. The first-order valence-corrected chi connectivity index (χ1v) is 7.29. The summed E-state index contributed by atoms with van der Waals surface area (Å²) in [6.07, 6.45) is 7.15. The Kier molecular flexibility index (Phi) is 3.42. The predicted molar refractivity (Wildman–Crippen MR) is 69.1 cm³/mol. The Balaban J connectivity index is 1.64. The summed E-state index contributed by atoms with van der Waals surface area (Å²) in [5.41, 5.74) is 0.536. The zero-order valence-corrected chi connectivity index (χ0v) is 11.1. The van der Waals surface area contributed by atoms with Crippen molar-refractivity contribution < 1.29 is 4.74 Å². The second kappa shape index (κ2) is 4.87. The highest BCUT2D eigenvalue weighted by Crippen LogP contribution is 2.48. The van der Waals surface area contributed by atoms with Gasteiger partial charge in [-0.15, -0.1) is 0 Å². The lowest BCUT2D eigenvalue weighted by atomic mass is 9.68. The highest BCUT2D eigenvalue weighted by atomic mass is 16.5. The fourth-order valence-corrected chi connectivity index (χ4v) is 3.98. The van der Waals surface area contributed by atoms with E-state index in [1.807, 2.05) is 0 Å². The summed E-state index contributed by atoms with van der Waals surface area (Å²) in [5, 5.41) is 3.54. The van der Waals surface area contributed by atoms with Crippen molar-refractivity contribution in [1.82, 2.24) is 10.2 Å². The van der Waals surface area contributed by atoms with Crippen LogP contribution in [0.25, 0.3) is 0 Å². The van der Waals surface area contributed by atoms with E-state index in [9.17, 15) is 0 Å². The fraction of sp³-hybridized carbons (Fsp3) is 1.00. The lowest BCUT2D eigenvalue weighted by Gasteiger charge is -2.50. The summed E-state index contributed by atoms with van der Waals surface area (Å²) in [7, 11) is 2.29. The van der Waals surface area contributed by atoms with Gasteiger partial charge in [-0.1, -0.05) is 12.8 Å². The first-order valence-electron chi connectivity index (χ1n) is 7.29. The summed E-state index contributed by atoms with van der Waals surface area (Å²) in [4.78, 5) is 2.55. The lowest BCUT2D eigenvalue weighted by Crippen LogP contribution is -2.56. The summed E-state index contributed by atoms with van der Waals surface area (Å²) in [6.45, 7) is 5.58. The van der Waals surface area contributed by atoms with Gasteiger partial charge < -0.3 is 15.0 Å². The van der Waals surface area contributed by atoms with Crippen molar-refractivity contribution in [2.24, 2.45) is 11.3 Å². The van der Waals surface area contributed by atoms with Crippen molar-refractivity contribution in [3.8, 4) is 0 Å². The highest BCUT2D eigenvalue weighted by molar-refractivity contribution is 4.97. The molecule has 0 aromatic heterocycles. The molecule has 0 spiro atoms. The molecule has 3 heteroatoms.